The highest BCUT2D eigenvalue weighted by molar-refractivity contribution is 5.97. The Hall–Kier alpha value is -1.53. The van der Waals surface area contributed by atoms with Gasteiger partial charge >= 0.3 is 0 Å². The second-order valence-corrected chi connectivity index (χ2v) is 3.85. The number of amides is 2. The zero-order valence-corrected chi connectivity index (χ0v) is 11.1. The highest BCUT2D eigenvalue weighted by Crippen LogP contribution is 2.00. The standard InChI is InChI=1S/C11H17N3O3.ClH/c1-7(5-12)13-10(15)8(2)14-11(16)9-3-4-17-6-9;/h3-4,6-8H,5,12H2,1-2H3,(H,13,15)(H,14,16);1H/t7-,8?;/m0./s1. The summed E-state index contributed by atoms with van der Waals surface area (Å²) < 4.78 is 4.78. The molecule has 0 aliphatic carbocycles. The Labute approximate surface area is 112 Å². The van der Waals surface area contributed by atoms with Crippen LogP contribution in [0.25, 0.3) is 0 Å². The second-order valence-electron chi connectivity index (χ2n) is 3.85. The highest BCUT2D eigenvalue weighted by Gasteiger charge is 2.18. The smallest absolute Gasteiger partial charge is 0.255 e. The molecule has 6 nitrogen and oxygen atoms in total. The van der Waals surface area contributed by atoms with Gasteiger partial charge in [0, 0.05) is 12.6 Å². The summed E-state index contributed by atoms with van der Waals surface area (Å²) in [6.07, 6.45) is 2.72. The maximum Gasteiger partial charge on any atom is 0.255 e. The fourth-order valence-corrected chi connectivity index (χ4v) is 1.17. The molecule has 0 radical (unpaired) electrons. The van der Waals surface area contributed by atoms with E-state index in [1.165, 1.54) is 18.6 Å². The van der Waals surface area contributed by atoms with Gasteiger partial charge in [0.15, 0.2) is 0 Å². The predicted molar refractivity (Wildman–Crippen MR) is 69.5 cm³/mol. The molecule has 0 fully saturated rings. The third-order valence-corrected chi connectivity index (χ3v) is 2.27. The van der Waals surface area contributed by atoms with Gasteiger partial charge in [-0.1, -0.05) is 0 Å². The van der Waals surface area contributed by atoms with Crippen molar-refractivity contribution in [2.24, 2.45) is 5.73 Å². The van der Waals surface area contributed by atoms with Crippen molar-refractivity contribution in [3.63, 3.8) is 0 Å². The van der Waals surface area contributed by atoms with E-state index in [1.807, 2.05) is 0 Å². The summed E-state index contributed by atoms with van der Waals surface area (Å²) in [5.74, 6) is -0.610. The monoisotopic (exact) mass is 275 g/mol. The summed E-state index contributed by atoms with van der Waals surface area (Å²) in [4.78, 5) is 23.2. The number of hydrogen-bond donors (Lipinski definition) is 3. The summed E-state index contributed by atoms with van der Waals surface area (Å²) in [5.41, 5.74) is 5.77. The quantitative estimate of drug-likeness (QED) is 0.719. The Bertz CT molecular complexity index is 381. The largest absolute Gasteiger partial charge is 0.472 e. The van der Waals surface area contributed by atoms with Crippen LogP contribution in [0.3, 0.4) is 0 Å². The molecule has 2 atom stereocenters. The first kappa shape index (κ1) is 16.5. The lowest BCUT2D eigenvalue weighted by atomic mass is 10.2. The molecule has 1 aromatic heterocycles. The van der Waals surface area contributed by atoms with Crippen LogP contribution in [-0.4, -0.2) is 30.4 Å². The molecule has 0 aliphatic rings. The SMILES string of the molecule is CC(NC(=O)c1ccoc1)C(=O)N[C@@H](C)CN.Cl. The van der Waals surface area contributed by atoms with Gasteiger partial charge in [-0.15, -0.1) is 12.4 Å². The number of rotatable bonds is 5. The molecule has 0 aromatic carbocycles. The fourth-order valence-electron chi connectivity index (χ4n) is 1.17. The van der Waals surface area contributed by atoms with E-state index in [1.54, 1.807) is 13.8 Å². The van der Waals surface area contributed by atoms with Crippen LogP contribution in [-0.2, 0) is 4.79 Å². The molecule has 4 N–H and O–H groups in total. The first-order valence-electron chi connectivity index (χ1n) is 5.38. The van der Waals surface area contributed by atoms with Crippen molar-refractivity contribution >= 4 is 24.2 Å². The number of carbonyl (C=O) groups excluding carboxylic acids is 2. The molecular formula is C11H18ClN3O3. The lowest BCUT2D eigenvalue weighted by Crippen LogP contribution is -2.49. The van der Waals surface area contributed by atoms with Crippen molar-refractivity contribution in [2.45, 2.75) is 25.9 Å². The van der Waals surface area contributed by atoms with E-state index in [4.69, 9.17) is 10.2 Å². The Kier molecular flexibility index (Phi) is 7.07. The maximum atomic E-state index is 11.6. The molecule has 2 amide bonds. The molecule has 0 saturated heterocycles. The summed E-state index contributed by atoms with van der Waals surface area (Å²) in [6.45, 7) is 3.76. The highest BCUT2D eigenvalue weighted by atomic mass is 35.5. The van der Waals surface area contributed by atoms with Gasteiger partial charge in [-0.25, -0.2) is 0 Å². The number of nitrogens with one attached hydrogen (secondary N) is 2. The minimum absolute atomic E-state index is 0. The van der Waals surface area contributed by atoms with Crippen molar-refractivity contribution in [3.8, 4) is 0 Å². The van der Waals surface area contributed by atoms with Crippen LogP contribution in [0, 0.1) is 0 Å². The van der Waals surface area contributed by atoms with Gasteiger partial charge in [0.25, 0.3) is 5.91 Å². The molecule has 1 heterocycles. The second kappa shape index (κ2) is 7.73. The normalized spacial score (nSPS) is 13.1. The van der Waals surface area contributed by atoms with Crippen LogP contribution < -0.4 is 16.4 Å². The molecule has 7 heteroatoms. The van der Waals surface area contributed by atoms with E-state index in [0.717, 1.165) is 0 Å². The first-order chi connectivity index (χ1) is 8.04. The molecule has 0 saturated carbocycles. The molecule has 0 aliphatic heterocycles. The Morgan fingerprint density at radius 3 is 2.56 bits per heavy atom. The average Bonchev–Trinajstić information content (AvgIpc) is 2.82. The van der Waals surface area contributed by atoms with Gasteiger partial charge in [-0.2, -0.15) is 0 Å². The van der Waals surface area contributed by atoms with Gasteiger partial charge in [-0.05, 0) is 19.9 Å². The van der Waals surface area contributed by atoms with Crippen molar-refractivity contribution in [2.75, 3.05) is 6.54 Å². The third-order valence-electron chi connectivity index (χ3n) is 2.27. The number of carbonyl (C=O) groups is 2. The zero-order chi connectivity index (χ0) is 12.8. The molecule has 0 bridgehead atoms. The van der Waals surface area contributed by atoms with Gasteiger partial charge < -0.3 is 20.8 Å². The lowest BCUT2D eigenvalue weighted by molar-refractivity contribution is -0.123. The summed E-state index contributed by atoms with van der Waals surface area (Å²) in [6, 6.07) is 0.796. The van der Waals surface area contributed by atoms with Crippen LogP contribution >= 0.6 is 12.4 Å². The fraction of sp³-hybridized carbons (Fsp3) is 0.455. The van der Waals surface area contributed by atoms with Crippen LogP contribution in [0.1, 0.15) is 24.2 Å². The summed E-state index contributed by atoms with van der Waals surface area (Å²) >= 11 is 0. The van der Waals surface area contributed by atoms with E-state index in [9.17, 15) is 9.59 Å². The van der Waals surface area contributed by atoms with E-state index < -0.39 is 6.04 Å². The van der Waals surface area contributed by atoms with Crippen LogP contribution in [0.2, 0.25) is 0 Å². The van der Waals surface area contributed by atoms with Gasteiger partial charge in [0.05, 0.1) is 11.8 Å². The van der Waals surface area contributed by atoms with Gasteiger partial charge in [0.1, 0.15) is 12.3 Å². The topological polar surface area (TPSA) is 97.4 Å². The van der Waals surface area contributed by atoms with Crippen LogP contribution in [0.4, 0.5) is 0 Å². The molecule has 1 aromatic rings. The number of furan rings is 1. The lowest BCUT2D eigenvalue weighted by Gasteiger charge is -2.16. The van der Waals surface area contributed by atoms with E-state index in [-0.39, 0.29) is 30.3 Å². The number of nitrogens with two attached hydrogens (primary N) is 1. The molecule has 1 unspecified atom stereocenters. The van der Waals surface area contributed by atoms with E-state index in [0.29, 0.717) is 12.1 Å². The summed E-state index contributed by atoms with van der Waals surface area (Å²) in [7, 11) is 0. The van der Waals surface area contributed by atoms with Crippen LogP contribution in [0.15, 0.2) is 23.0 Å². The minimum atomic E-state index is -0.619. The van der Waals surface area contributed by atoms with E-state index >= 15 is 0 Å². The Morgan fingerprint density at radius 1 is 1.39 bits per heavy atom. The predicted octanol–water partition coefficient (Wildman–Crippen LogP) is 0.283. The number of halogens is 1. The van der Waals surface area contributed by atoms with Gasteiger partial charge in [0.2, 0.25) is 5.91 Å². The van der Waals surface area contributed by atoms with E-state index in [2.05, 4.69) is 10.6 Å². The zero-order valence-electron chi connectivity index (χ0n) is 10.3. The van der Waals surface area contributed by atoms with Crippen molar-refractivity contribution in [3.05, 3.63) is 24.2 Å². The Morgan fingerprint density at radius 2 is 2.06 bits per heavy atom. The maximum absolute atomic E-state index is 11.6. The number of hydrogen-bond acceptors (Lipinski definition) is 4. The molecular weight excluding hydrogens is 258 g/mol. The first-order valence-corrected chi connectivity index (χ1v) is 5.38. The summed E-state index contributed by atoms with van der Waals surface area (Å²) in [5, 5.41) is 5.24. The molecule has 0 spiro atoms. The van der Waals surface area contributed by atoms with Crippen molar-refractivity contribution in [1.82, 2.24) is 10.6 Å². The van der Waals surface area contributed by atoms with Crippen LogP contribution in [0.5, 0.6) is 0 Å². The molecule has 102 valence electrons. The molecule has 1 rings (SSSR count). The third kappa shape index (κ3) is 4.77. The minimum Gasteiger partial charge on any atom is -0.472 e. The van der Waals surface area contributed by atoms with Crippen molar-refractivity contribution < 1.29 is 14.0 Å². The van der Waals surface area contributed by atoms with Gasteiger partial charge in [-0.3, -0.25) is 9.59 Å². The Balaban J connectivity index is 0.00000289. The van der Waals surface area contributed by atoms with Crippen molar-refractivity contribution in [1.29, 1.82) is 0 Å². The average molecular weight is 276 g/mol. The molecule has 18 heavy (non-hydrogen) atoms.